The molecule has 4 aliphatic carbocycles. The summed E-state index contributed by atoms with van der Waals surface area (Å²) in [4.78, 5) is 31.6. The predicted octanol–water partition coefficient (Wildman–Crippen LogP) is 2.14. The van der Waals surface area contributed by atoms with E-state index < -0.39 is 5.97 Å². The molecule has 0 radical (unpaired) electrons. The molecule has 1 saturated heterocycles. The Morgan fingerprint density at radius 3 is 2.67 bits per heavy atom. The maximum Gasteiger partial charge on any atom is 0.339 e. The average molecular weight is 414 g/mol. The molecule has 2 N–H and O–H groups in total. The molecule has 1 amide bonds. The zero-order valence-corrected chi connectivity index (χ0v) is 17.5. The van der Waals surface area contributed by atoms with E-state index in [1.165, 1.54) is 7.11 Å². The third-order valence-corrected chi connectivity index (χ3v) is 7.95. The van der Waals surface area contributed by atoms with Gasteiger partial charge in [-0.2, -0.15) is 0 Å². The molecule has 7 heteroatoms. The summed E-state index contributed by atoms with van der Waals surface area (Å²) in [5, 5.41) is 13.9. The van der Waals surface area contributed by atoms with Crippen LogP contribution >= 0.6 is 0 Å². The molecule has 162 valence electrons. The molecule has 3 atom stereocenters. The minimum absolute atomic E-state index is 0.103. The molecule has 6 rings (SSSR count). The number of nitrogens with one attached hydrogen (secondary N) is 1. The number of aliphatic hydroxyl groups excluding tert-OH is 1. The molecule has 1 aromatic rings. The lowest BCUT2D eigenvalue weighted by Gasteiger charge is -2.58. The monoisotopic (exact) mass is 413 g/mol. The van der Waals surface area contributed by atoms with E-state index in [9.17, 15) is 14.7 Å². The highest BCUT2D eigenvalue weighted by Crippen LogP contribution is 2.60. The van der Waals surface area contributed by atoms with E-state index >= 15 is 0 Å². The van der Waals surface area contributed by atoms with Gasteiger partial charge < -0.3 is 20.1 Å². The van der Waals surface area contributed by atoms with Gasteiger partial charge in [-0.1, -0.05) is 0 Å². The van der Waals surface area contributed by atoms with Crippen LogP contribution in [-0.4, -0.2) is 54.3 Å². The molecule has 4 saturated carbocycles. The van der Waals surface area contributed by atoms with Gasteiger partial charge in [0.05, 0.1) is 24.2 Å². The van der Waals surface area contributed by atoms with Crippen molar-refractivity contribution in [1.29, 1.82) is 0 Å². The maximum atomic E-state index is 13.4. The molecule has 5 fully saturated rings. The van der Waals surface area contributed by atoms with Crippen LogP contribution in [0.2, 0.25) is 0 Å². The summed E-state index contributed by atoms with van der Waals surface area (Å²) in [5.41, 5.74) is 0.172. The first-order chi connectivity index (χ1) is 14.5. The highest BCUT2D eigenvalue weighted by atomic mass is 16.5. The summed E-state index contributed by atoms with van der Waals surface area (Å²) >= 11 is 0. The van der Waals surface area contributed by atoms with Crippen LogP contribution in [0.5, 0.6) is 0 Å². The fraction of sp³-hybridized carbons (Fsp3) is 0.696. The first kappa shape index (κ1) is 19.8. The van der Waals surface area contributed by atoms with E-state index in [0.29, 0.717) is 23.3 Å². The molecule has 30 heavy (non-hydrogen) atoms. The number of aromatic nitrogens is 1. The highest BCUT2D eigenvalue weighted by Gasteiger charge is 2.58. The van der Waals surface area contributed by atoms with Crippen LogP contribution in [0.15, 0.2) is 18.3 Å². The summed E-state index contributed by atoms with van der Waals surface area (Å²) in [5.74, 6) is 1.86. The number of ether oxygens (including phenoxy) is 1. The Morgan fingerprint density at radius 1 is 1.23 bits per heavy atom. The number of esters is 1. The lowest BCUT2D eigenvalue weighted by molar-refractivity contribution is -0.163. The van der Waals surface area contributed by atoms with Crippen LogP contribution in [0.1, 0.15) is 55.3 Å². The lowest BCUT2D eigenvalue weighted by atomic mass is 9.48. The number of piperidine rings is 1. The highest BCUT2D eigenvalue weighted by molar-refractivity contribution is 5.89. The second-order valence-electron chi connectivity index (χ2n) is 9.90. The predicted molar refractivity (Wildman–Crippen MR) is 111 cm³/mol. The van der Waals surface area contributed by atoms with Crippen molar-refractivity contribution in [3.63, 3.8) is 0 Å². The topological polar surface area (TPSA) is 91.8 Å². The number of nitrogens with zero attached hydrogens (tertiary/aromatic N) is 2. The van der Waals surface area contributed by atoms with Gasteiger partial charge in [0.1, 0.15) is 5.82 Å². The Balaban J connectivity index is 1.24. The second-order valence-corrected chi connectivity index (χ2v) is 9.90. The van der Waals surface area contributed by atoms with Gasteiger partial charge >= 0.3 is 5.97 Å². The molecule has 0 spiro atoms. The molecular formula is C23H31N3O4. The van der Waals surface area contributed by atoms with Crippen molar-refractivity contribution in [3.05, 3.63) is 23.9 Å². The van der Waals surface area contributed by atoms with E-state index in [1.54, 1.807) is 12.3 Å². The van der Waals surface area contributed by atoms with E-state index in [-0.39, 0.29) is 23.5 Å². The second kappa shape index (κ2) is 7.52. The van der Waals surface area contributed by atoms with E-state index in [0.717, 1.165) is 63.9 Å². The van der Waals surface area contributed by atoms with Gasteiger partial charge in [0.15, 0.2) is 0 Å². The number of carbonyl (C=O) groups excluding carboxylic acids is 2. The van der Waals surface area contributed by atoms with Crippen molar-refractivity contribution in [2.45, 2.75) is 57.1 Å². The molecule has 4 bridgehead atoms. The Hall–Kier alpha value is -2.15. The fourth-order valence-electron chi connectivity index (χ4n) is 6.73. The van der Waals surface area contributed by atoms with Crippen molar-refractivity contribution in [1.82, 2.24) is 10.3 Å². The standard InChI is InChI=1S/C23H31N3O4/c1-30-21(28)15-4-5-19(24-12-15)26-6-2-3-18(13-26)25-22(29)23-9-14-7-16(10-23)20(27)17(8-14)11-23/h4-5,12,14,16-18,20,27H,2-3,6-11,13H2,1H3,(H,25,29)/t14?,16?,17?,18-,20?,23?/m0/s1. The van der Waals surface area contributed by atoms with Crippen molar-refractivity contribution in [2.75, 3.05) is 25.1 Å². The van der Waals surface area contributed by atoms with E-state index in [1.807, 2.05) is 6.07 Å². The van der Waals surface area contributed by atoms with Gasteiger partial charge in [-0.15, -0.1) is 0 Å². The Kier molecular flexibility index (Phi) is 4.96. The van der Waals surface area contributed by atoms with Crippen LogP contribution < -0.4 is 10.2 Å². The van der Waals surface area contributed by atoms with Crippen molar-refractivity contribution < 1.29 is 19.4 Å². The molecular weight excluding hydrogens is 382 g/mol. The number of hydrogen-bond acceptors (Lipinski definition) is 6. The quantitative estimate of drug-likeness (QED) is 0.735. The Bertz CT molecular complexity index is 810. The number of anilines is 1. The lowest BCUT2D eigenvalue weighted by Crippen LogP contribution is -2.60. The van der Waals surface area contributed by atoms with Gasteiger partial charge in [-0.05, 0) is 74.8 Å². The normalized spacial score (nSPS) is 37.1. The number of rotatable bonds is 4. The zero-order valence-electron chi connectivity index (χ0n) is 17.5. The minimum Gasteiger partial charge on any atom is -0.465 e. The first-order valence-electron chi connectivity index (χ1n) is 11.3. The third-order valence-electron chi connectivity index (χ3n) is 7.95. The summed E-state index contributed by atoms with van der Waals surface area (Å²) in [6.45, 7) is 1.62. The third kappa shape index (κ3) is 3.37. The zero-order chi connectivity index (χ0) is 20.9. The summed E-state index contributed by atoms with van der Waals surface area (Å²) in [6.07, 6.45) is 8.18. The molecule has 5 aliphatic rings. The number of amides is 1. The summed E-state index contributed by atoms with van der Waals surface area (Å²) in [6, 6.07) is 3.68. The van der Waals surface area contributed by atoms with Gasteiger partial charge in [0.2, 0.25) is 5.91 Å². The molecule has 0 aromatic carbocycles. The molecule has 2 heterocycles. The van der Waals surface area contributed by atoms with Crippen LogP contribution in [0.25, 0.3) is 0 Å². The largest absolute Gasteiger partial charge is 0.465 e. The van der Waals surface area contributed by atoms with Gasteiger partial charge in [-0.25, -0.2) is 9.78 Å². The molecule has 1 aromatic heterocycles. The minimum atomic E-state index is -0.390. The smallest absolute Gasteiger partial charge is 0.339 e. The van der Waals surface area contributed by atoms with Crippen LogP contribution in [-0.2, 0) is 9.53 Å². The number of hydrogen-bond donors (Lipinski definition) is 2. The first-order valence-corrected chi connectivity index (χ1v) is 11.3. The number of methoxy groups -OCH3 is 1. The summed E-state index contributed by atoms with van der Waals surface area (Å²) < 4.78 is 4.73. The van der Waals surface area contributed by atoms with Gasteiger partial charge in [0.25, 0.3) is 0 Å². The fourth-order valence-corrected chi connectivity index (χ4v) is 6.73. The number of pyridine rings is 1. The molecule has 7 nitrogen and oxygen atoms in total. The summed E-state index contributed by atoms with van der Waals surface area (Å²) in [7, 11) is 1.36. The van der Waals surface area contributed by atoms with Crippen molar-refractivity contribution in [2.24, 2.45) is 23.2 Å². The Morgan fingerprint density at radius 2 is 2.00 bits per heavy atom. The van der Waals surface area contributed by atoms with Gasteiger partial charge in [-0.3, -0.25) is 4.79 Å². The van der Waals surface area contributed by atoms with Crippen LogP contribution in [0, 0.1) is 23.2 Å². The van der Waals surface area contributed by atoms with Crippen molar-refractivity contribution >= 4 is 17.7 Å². The average Bonchev–Trinajstić information content (AvgIpc) is 2.76. The number of aliphatic hydroxyl groups is 1. The SMILES string of the molecule is COC(=O)c1ccc(N2CCC[C@H](NC(=O)C34CC5CC(C3)C(O)C(C5)C4)C2)nc1. The molecule has 2 unspecified atom stereocenters. The van der Waals surface area contributed by atoms with Gasteiger partial charge in [0, 0.05) is 25.3 Å². The van der Waals surface area contributed by atoms with E-state index in [4.69, 9.17) is 4.74 Å². The van der Waals surface area contributed by atoms with E-state index in [2.05, 4.69) is 15.2 Å². The Labute approximate surface area is 177 Å². The van der Waals surface area contributed by atoms with Crippen molar-refractivity contribution in [3.8, 4) is 0 Å². The maximum absolute atomic E-state index is 13.4. The molecule has 1 aliphatic heterocycles. The number of carbonyl (C=O) groups is 2. The van der Waals surface area contributed by atoms with Crippen LogP contribution in [0.3, 0.4) is 0 Å². The van der Waals surface area contributed by atoms with Crippen LogP contribution in [0.4, 0.5) is 5.82 Å².